The average molecular weight is 496 g/mol. The Balaban J connectivity index is 1.28. The number of amides is 2. The second kappa shape index (κ2) is 9.80. The largest absolute Gasteiger partial charge is 0.485 e. The Morgan fingerprint density at radius 2 is 1.89 bits per heavy atom. The first kappa shape index (κ1) is 23.5. The highest BCUT2D eigenvalue weighted by Gasteiger charge is 2.28. The number of Topliss-reactive ketones (excluding diaryl/α,β-unsaturated/α-hetero) is 1. The topological polar surface area (TPSA) is 98.1 Å². The van der Waals surface area contributed by atoms with Gasteiger partial charge in [-0.3, -0.25) is 19.3 Å². The van der Waals surface area contributed by atoms with E-state index in [0.29, 0.717) is 29.7 Å². The third-order valence-electron chi connectivity index (χ3n) is 5.93. The quantitative estimate of drug-likeness (QED) is 0.452. The molecule has 2 aromatic carbocycles. The molecular formula is C26H22F2N2O6. The fourth-order valence-corrected chi connectivity index (χ4v) is 3.73. The van der Waals surface area contributed by atoms with Gasteiger partial charge >= 0.3 is 0 Å². The number of carbonyl (C=O) groups is 3. The fourth-order valence-electron chi connectivity index (χ4n) is 3.73. The van der Waals surface area contributed by atoms with Crippen molar-refractivity contribution in [1.82, 2.24) is 5.32 Å². The third-order valence-corrected chi connectivity index (χ3v) is 5.93. The minimum atomic E-state index is -1.08. The van der Waals surface area contributed by atoms with Crippen molar-refractivity contribution in [2.24, 2.45) is 5.92 Å². The number of ketones is 1. The zero-order chi connectivity index (χ0) is 25.2. The lowest BCUT2D eigenvalue weighted by atomic mass is 10.1. The van der Waals surface area contributed by atoms with Gasteiger partial charge in [-0.05, 0) is 61.2 Å². The molecule has 0 radical (unpaired) electrons. The van der Waals surface area contributed by atoms with Crippen LogP contribution >= 0.6 is 0 Å². The Hall–Kier alpha value is -4.21. The van der Waals surface area contributed by atoms with Crippen LogP contribution in [-0.4, -0.2) is 37.4 Å². The zero-order valence-corrected chi connectivity index (χ0v) is 19.1. The average Bonchev–Trinajstić information content (AvgIpc) is 3.59. The number of hydrogen-bond donors (Lipinski definition) is 1. The van der Waals surface area contributed by atoms with Gasteiger partial charge in [0.2, 0.25) is 0 Å². The van der Waals surface area contributed by atoms with E-state index in [4.69, 9.17) is 13.9 Å². The number of benzene rings is 2. The van der Waals surface area contributed by atoms with Gasteiger partial charge in [-0.2, -0.15) is 0 Å². The predicted molar refractivity (Wildman–Crippen MR) is 123 cm³/mol. The van der Waals surface area contributed by atoms with Crippen LogP contribution in [-0.2, 0) is 11.3 Å². The highest BCUT2D eigenvalue weighted by atomic mass is 19.2. The third kappa shape index (κ3) is 5.22. The molecule has 0 unspecified atom stereocenters. The number of nitrogens with zero attached hydrogens (tertiary/aromatic N) is 1. The van der Waals surface area contributed by atoms with Crippen LogP contribution in [0.5, 0.6) is 11.5 Å². The van der Waals surface area contributed by atoms with E-state index in [2.05, 4.69) is 5.32 Å². The number of carbonyl (C=O) groups excluding carboxylic acids is 3. The normalized spacial score (nSPS) is 14.7. The number of halogens is 2. The SMILES string of the molecule is O=C(COc1ccc(F)c(F)c1)c1ccc2c(c1)N(Cc1ccc(C(=O)NCC3CC3)o1)C(=O)CO2. The number of ether oxygens (including phenoxy) is 2. The van der Waals surface area contributed by atoms with Crippen molar-refractivity contribution in [1.29, 1.82) is 0 Å². The van der Waals surface area contributed by atoms with E-state index in [0.717, 1.165) is 25.0 Å². The number of furan rings is 1. The molecule has 2 amide bonds. The number of anilines is 1. The molecule has 3 aromatic rings. The highest BCUT2D eigenvalue weighted by Crippen LogP contribution is 2.34. The molecule has 186 valence electrons. The van der Waals surface area contributed by atoms with Gasteiger partial charge in [0.25, 0.3) is 11.8 Å². The molecule has 1 aromatic heterocycles. The Kier molecular flexibility index (Phi) is 6.41. The van der Waals surface area contributed by atoms with Crippen molar-refractivity contribution in [2.45, 2.75) is 19.4 Å². The molecule has 1 fully saturated rings. The zero-order valence-electron chi connectivity index (χ0n) is 19.1. The van der Waals surface area contributed by atoms with Crippen LogP contribution in [0.2, 0.25) is 0 Å². The van der Waals surface area contributed by atoms with Crippen LogP contribution < -0.4 is 19.7 Å². The van der Waals surface area contributed by atoms with Gasteiger partial charge in [0.05, 0.1) is 12.2 Å². The molecule has 2 heterocycles. The Labute approximate surface area is 204 Å². The Morgan fingerprint density at radius 3 is 2.67 bits per heavy atom. The van der Waals surface area contributed by atoms with Gasteiger partial charge in [0, 0.05) is 18.2 Å². The lowest BCUT2D eigenvalue weighted by molar-refractivity contribution is -0.121. The first-order valence-corrected chi connectivity index (χ1v) is 11.4. The Morgan fingerprint density at radius 1 is 1.06 bits per heavy atom. The van der Waals surface area contributed by atoms with Crippen LogP contribution in [0, 0.1) is 17.6 Å². The van der Waals surface area contributed by atoms with E-state index in [1.807, 2.05) is 0 Å². The van der Waals surface area contributed by atoms with Crippen molar-refractivity contribution < 1.29 is 37.1 Å². The maximum Gasteiger partial charge on any atom is 0.287 e. The van der Waals surface area contributed by atoms with E-state index in [1.165, 1.54) is 23.1 Å². The Bertz CT molecular complexity index is 1330. The molecule has 1 saturated carbocycles. The minimum Gasteiger partial charge on any atom is -0.485 e. The molecule has 10 heteroatoms. The van der Waals surface area contributed by atoms with Gasteiger partial charge in [0.15, 0.2) is 36.4 Å². The molecule has 5 rings (SSSR count). The highest BCUT2D eigenvalue weighted by molar-refractivity contribution is 6.02. The predicted octanol–water partition coefficient (Wildman–Crippen LogP) is 3.88. The van der Waals surface area contributed by atoms with E-state index < -0.39 is 24.0 Å². The molecule has 36 heavy (non-hydrogen) atoms. The van der Waals surface area contributed by atoms with Crippen molar-refractivity contribution in [3.63, 3.8) is 0 Å². The molecule has 0 bridgehead atoms. The summed E-state index contributed by atoms with van der Waals surface area (Å²) in [6, 6.07) is 10.8. The first-order valence-electron chi connectivity index (χ1n) is 11.4. The molecule has 2 aliphatic rings. The number of nitrogens with one attached hydrogen (secondary N) is 1. The minimum absolute atomic E-state index is 0.00939. The molecule has 1 N–H and O–H groups in total. The lowest BCUT2D eigenvalue weighted by Gasteiger charge is -2.29. The second-order valence-electron chi connectivity index (χ2n) is 8.66. The summed E-state index contributed by atoms with van der Waals surface area (Å²) in [7, 11) is 0. The summed E-state index contributed by atoms with van der Waals surface area (Å²) >= 11 is 0. The lowest BCUT2D eigenvalue weighted by Crippen LogP contribution is -2.38. The summed E-state index contributed by atoms with van der Waals surface area (Å²) in [6.45, 7) is 0.0417. The number of rotatable bonds is 9. The molecule has 8 nitrogen and oxygen atoms in total. The van der Waals surface area contributed by atoms with Gasteiger partial charge < -0.3 is 19.2 Å². The smallest absolute Gasteiger partial charge is 0.287 e. The van der Waals surface area contributed by atoms with Gasteiger partial charge in [0.1, 0.15) is 17.3 Å². The maximum absolute atomic E-state index is 13.4. The summed E-state index contributed by atoms with van der Waals surface area (Å²) in [5.41, 5.74) is 0.597. The van der Waals surface area contributed by atoms with E-state index in [1.54, 1.807) is 18.2 Å². The van der Waals surface area contributed by atoms with Crippen LogP contribution in [0.3, 0.4) is 0 Å². The second-order valence-corrected chi connectivity index (χ2v) is 8.66. The summed E-state index contributed by atoms with van der Waals surface area (Å²) in [6.07, 6.45) is 2.23. The molecule has 0 atom stereocenters. The molecule has 1 aliphatic heterocycles. The molecular weight excluding hydrogens is 474 g/mol. The van der Waals surface area contributed by atoms with Gasteiger partial charge in [-0.25, -0.2) is 8.78 Å². The van der Waals surface area contributed by atoms with Gasteiger partial charge in [-0.15, -0.1) is 0 Å². The molecule has 1 aliphatic carbocycles. The van der Waals surface area contributed by atoms with Crippen molar-refractivity contribution in [2.75, 3.05) is 24.7 Å². The summed E-state index contributed by atoms with van der Waals surface area (Å²) in [4.78, 5) is 39.0. The number of hydrogen-bond acceptors (Lipinski definition) is 6. The van der Waals surface area contributed by atoms with E-state index in [-0.39, 0.29) is 42.0 Å². The van der Waals surface area contributed by atoms with Crippen molar-refractivity contribution in [3.05, 3.63) is 77.2 Å². The van der Waals surface area contributed by atoms with Crippen molar-refractivity contribution >= 4 is 23.3 Å². The van der Waals surface area contributed by atoms with Crippen LogP contribution in [0.15, 0.2) is 52.9 Å². The molecule has 0 spiro atoms. The van der Waals surface area contributed by atoms with Crippen LogP contribution in [0.4, 0.5) is 14.5 Å². The molecule has 0 saturated heterocycles. The van der Waals surface area contributed by atoms with Crippen LogP contribution in [0.1, 0.15) is 39.5 Å². The fraction of sp³-hybridized carbons (Fsp3) is 0.269. The van der Waals surface area contributed by atoms with Gasteiger partial charge in [-0.1, -0.05) is 0 Å². The summed E-state index contributed by atoms with van der Waals surface area (Å²) in [5.74, 6) is -1.69. The monoisotopic (exact) mass is 496 g/mol. The van der Waals surface area contributed by atoms with E-state index in [9.17, 15) is 23.2 Å². The summed E-state index contributed by atoms with van der Waals surface area (Å²) in [5, 5.41) is 2.83. The standard InChI is InChI=1S/C26H22F2N2O6/c27-19-6-4-17(10-20(19)28)34-13-22(31)16-3-7-23-21(9-16)30(25(32)14-35-23)12-18-5-8-24(36-18)26(33)29-11-15-1-2-15/h3-10,15H,1-2,11-14H2,(H,29,33). The first-order chi connectivity index (χ1) is 17.4. The maximum atomic E-state index is 13.4. The van der Waals surface area contributed by atoms with Crippen molar-refractivity contribution in [3.8, 4) is 11.5 Å². The summed E-state index contributed by atoms with van der Waals surface area (Å²) < 4.78 is 42.9. The number of fused-ring (bicyclic) bond motifs is 1. The van der Waals surface area contributed by atoms with E-state index >= 15 is 0 Å². The van der Waals surface area contributed by atoms with Crippen LogP contribution in [0.25, 0.3) is 0 Å².